The lowest BCUT2D eigenvalue weighted by Crippen LogP contribution is -2.31. The van der Waals surface area contributed by atoms with Crippen LogP contribution >= 0.6 is 27.5 Å². The van der Waals surface area contributed by atoms with Gasteiger partial charge in [0.1, 0.15) is 10.5 Å². The predicted octanol–water partition coefficient (Wildman–Crippen LogP) is 4.20. The van der Waals surface area contributed by atoms with E-state index in [0.29, 0.717) is 16.9 Å². The quantitative estimate of drug-likeness (QED) is 0.476. The molecule has 0 amide bonds. The molecule has 0 aliphatic rings. The van der Waals surface area contributed by atoms with Gasteiger partial charge >= 0.3 is 5.69 Å². The summed E-state index contributed by atoms with van der Waals surface area (Å²) in [6.45, 7) is 5.45. The minimum Gasteiger partial charge on any atom is -0.273 e. The molecular weight excluding hydrogens is 432 g/mol. The van der Waals surface area contributed by atoms with Crippen molar-refractivity contribution in [1.29, 1.82) is 0 Å². The van der Waals surface area contributed by atoms with Crippen LogP contribution in [0.4, 0.5) is 8.78 Å². The van der Waals surface area contributed by atoms with Gasteiger partial charge in [-0.25, -0.2) is 13.6 Å². The zero-order valence-electron chi connectivity index (χ0n) is 14.0. The number of nitrogens with zero attached hydrogens (tertiary/aromatic N) is 2. The number of aromatic amines is 1. The molecule has 0 aliphatic carbocycles. The molecule has 3 rings (SSSR count). The topological polar surface area (TPSA) is 67.8 Å². The Morgan fingerprint density at radius 1 is 1.27 bits per heavy atom. The van der Waals surface area contributed by atoms with E-state index in [1.807, 2.05) is 13.8 Å². The highest BCUT2D eigenvalue weighted by Crippen LogP contribution is 2.35. The second kappa shape index (κ2) is 6.59. The summed E-state index contributed by atoms with van der Waals surface area (Å²) in [6, 6.07) is 1.66. The Morgan fingerprint density at radius 2 is 1.92 bits per heavy atom. The first-order chi connectivity index (χ1) is 12.2. The van der Waals surface area contributed by atoms with Gasteiger partial charge in [-0.2, -0.15) is 0 Å². The molecular formula is C17H13BrClF2N3O2. The summed E-state index contributed by atoms with van der Waals surface area (Å²) in [4.78, 5) is 31.2. The number of aryl methyl sites for hydroxylation is 1. The van der Waals surface area contributed by atoms with Gasteiger partial charge in [0.05, 0.1) is 21.2 Å². The van der Waals surface area contributed by atoms with Gasteiger partial charge in [-0.3, -0.25) is 19.3 Å². The largest absolute Gasteiger partial charge is 0.333 e. The summed E-state index contributed by atoms with van der Waals surface area (Å²) in [7, 11) is 0. The molecule has 9 heteroatoms. The monoisotopic (exact) mass is 443 g/mol. The normalized spacial score (nSPS) is 11.5. The van der Waals surface area contributed by atoms with Gasteiger partial charge in [0.25, 0.3) is 5.56 Å². The molecule has 0 radical (unpaired) electrons. The minimum absolute atomic E-state index is 0.0961. The summed E-state index contributed by atoms with van der Waals surface area (Å²) >= 11 is 8.68. The summed E-state index contributed by atoms with van der Waals surface area (Å²) < 4.78 is 29.7. The van der Waals surface area contributed by atoms with Crippen molar-refractivity contribution in [2.75, 3.05) is 0 Å². The fourth-order valence-corrected chi connectivity index (χ4v) is 3.72. The molecule has 0 bridgehead atoms. The predicted molar refractivity (Wildman–Crippen MR) is 99.4 cm³/mol. The molecule has 0 atom stereocenters. The molecule has 0 unspecified atom stereocenters. The van der Waals surface area contributed by atoms with E-state index in [0.717, 1.165) is 4.57 Å². The lowest BCUT2D eigenvalue weighted by molar-refractivity contribution is 0.584. The maximum atomic E-state index is 14.9. The maximum Gasteiger partial charge on any atom is 0.333 e. The van der Waals surface area contributed by atoms with Gasteiger partial charge in [0.15, 0.2) is 11.6 Å². The maximum absolute atomic E-state index is 14.9. The zero-order chi connectivity index (χ0) is 19.3. The van der Waals surface area contributed by atoms with Gasteiger partial charge in [0.2, 0.25) is 0 Å². The average molecular weight is 445 g/mol. The molecule has 2 heterocycles. The Bertz CT molecular complexity index is 1170. The van der Waals surface area contributed by atoms with E-state index < -0.39 is 33.4 Å². The van der Waals surface area contributed by atoms with Gasteiger partial charge in [-0.15, -0.1) is 0 Å². The van der Waals surface area contributed by atoms with Crippen LogP contribution in [0.3, 0.4) is 0 Å². The molecule has 2 aromatic heterocycles. The molecule has 136 valence electrons. The Kier molecular flexibility index (Phi) is 4.74. The molecule has 0 fully saturated rings. The Hall–Kier alpha value is -2.06. The summed E-state index contributed by atoms with van der Waals surface area (Å²) in [6.07, 6.45) is 1.58. The highest BCUT2D eigenvalue weighted by atomic mass is 79.9. The number of pyridine rings is 1. The fourth-order valence-electron chi connectivity index (χ4n) is 2.85. The van der Waals surface area contributed by atoms with Crippen LogP contribution in [-0.4, -0.2) is 14.5 Å². The first-order valence-electron chi connectivity index (χ1n) is 7.63. The van der Waals surface area contributed by atoms with Gasteiger partial charge in [-0.05, 0) is 40.4 Å². The van der Waals surface area contributed by atoms with Crippen molar-refractivity contribution in [3.05, 3.63) is 65.5 Å². The molecule has 1 N–H and O–H groups in total. The molecule has 0 spiro atoms. The number of nitrogens with one attached hydrogen (secondary N) is 1. The second-order valence-electron chi connectivity index (χ2n) is 6.09. The Labute approximate surface area is 159 Å². The van der Waals surface area contributed by atoms with Crippen LogP contribution in [-0.2, 0) is 0 Å². The summed E-state index contributed by atoms with van der Waals surface area (Å²) in [5.74, 6) is -2.40. The summed E-state index contributed by atoms with van der Waals surface area (Å²) in [5, 5.41) is -1.15. The SMILES string of the molecule is Cc1ccnc(C(C)C)c1-n1c(=O)[nH]c(=O)c2c(Br)c(F)c(Cl)c(F)c21. The number of hydrogen-bond donors (Lipinski definition) is 1. The molecule has 26 heavy (non-hydrogen) atoms. The van der Waals surface area contributed by atoms with E-state index in [-0.39, 0.29) is 15.8 Å². The first-order valence-corrected chi connectivity index (χ1v) is 8.80. The zero-order valence-corrected chi connectivity index (χ0v) is 16.3. The standard InChI is InChI=1S/C17H13BrClF2N3O2/c1-6(2)13-14(7(3)4-5-22-13)24-15-8(16(25)23-17(24)26)9(18)11(20)10(19)12(15)21/h4-6H,1-3H3,(H,23,25,26). The lowest BCUT2D eigenvalue weighted by atomic mass is 10.0. The van der Waals surface area contributed by atoms with E-state index in [1.165, 1.54) is 0 Å². The third-order valence-corrected chi connectivity index (χ3v) is 5.12. The first kappa shape index (κ1) is 18.7. The van der Waals surface area contributed by atoms with Crippen molar-refractivity contribution < 1.29 is 8.78 Å². The van der Waals surface area contributed by atoms with Crippen LogP contribution in [0.25, 0.3) is 16.6 Å². The van der Waals surface area contributed by atoms with Crippen LogP contribution in [0.2, 0.25) is 5.02 Å². The number of fused-ring (bicyclic) bond motifs is 1. The van der Waals surface area contributed by atoms with Gasteiger partial charge < -0.3 is 0 Å². The van der Waals surface area contributed by atoms with E-state index >= 15 is 0 Å². The highest BCUT2D eigenvalue weighted by molar-refractivity contribution is 9.10. The van der Waals surface area contributed by atoms with Gasteiger partial charge in [-0.1, -0.05) is 25.4 Å². The molecule has 0 aliphatic heterocycles. The van der Waals surface area contributed by atoms with Gasteiger partial charge in [0, 0.05) is 6.20 Å². The number of hydrogen-bond acceptors (Lipinski definition) is 3. The van der Waals surface area contributed by atoms with Crippen LogP contribution < -0.4 is 11.2 Å². The van der Waals surface area contributed by atoms with E-state index in [4.69, 9.17) is 11.6 Å². The van der Waals surface area contributed by atoms with Crippen LogP contribution in [0.15, 0.2) is 26.3 Å². The van der Waals surface area contributed by atoms with Crippen molar-refractivity contribution in [1.82, 2.24) is 14.5 Å². The molecule has 0 saturated carbocycles. The average Bonchev–Trinajstić information content (AvgIpc) is 2.58. The van der Waals surface area contributed by atoms with Crippen LogP contribution in [0.5, 0.6) is 0 Å². The molecule has 3 aromatic rings. The van der Waals surface area contributed by atoms with E-state index in [1.54, 1.807) is 19.2 Å². The third-order valence-electron chi connectivity index (χ3n) is 4.04. The number of aromatic nitrogens is 3. The number of rotatable bonds is 2. The van der Waals surface area contributed by atoms with Crippen molar-refractivity contribution in [2.45, 2.75) is 26.7 Å². The second-order valence-corrected chi connectivity index (χ2v) is 7.26. The van der Waals surface area contributed by atoms with E-state index in [9.17, 15) is 18.4 Å². The molecule has 5 nitrogen and oxygen atoms in total. The van der Waals surface area contributed by atoms with E-state index in [2.05, 4.69) is 25.9 Å². The van der Waals surface area contributed by atoms with Crippen LogP contribution in [0, 0.1) is 18.6 Å². The number of H-pyrrole nitrogens is 1. The van der Waals surface area contributed by atoms with Crippen molar-refractivity contribution in [3.63, 3.8) is 0 Å². The number of benzene rings is 1. The van der Waals surface area contributed by atoms with Crippen molar-refractivity contribution >= 4 is 38.4 Å². The number of halogens is 4. The fraction of sp³-hybridized carbons (Fsp3) is 0.235. The van der Waals surface area contributed by atoms with Crippen molar-refractivity contribution in [3.8, 4) is 5.69 Å². The van der Waals surface area contributed by atoms with Crippen molar-refractivity contribution in [2.24, 2.45) is 0 Å². The molecule has 1 aromatic carbocycles. The Balaban J connectivity index is 2.68. The minimum atomic E-state index is -1.19. The molecule has 0 saturated heterocycles. The summed E-state index contributed by atoms with van der Waals surface area (Å²) in [5.41, 5.74) is -0.715. The lowest BCUT2D eigenvalue weighted by Gasteiger charge is -2.18. The van der Waals surface area contributed by atoms with Crippen LogP contribution in [0.1, 0.15) is 31.0 Å². The highest BCUT2D eigenvalue weighted by Gasteiger charge is 2.25. The third kappa shape index (κ3) is 2.68. The smallest absolute Gasteiger partial charge is 0.273 e. The Morgan fingerprint density at radius 3 is 2.54 bits per heavy atom.